The van der Waals surface area contributed by atoms with Gasteiger partial charge in [0.2, 0.25) is 0 Å². The van der Waals surface area contributed by atoms with E-state index in [1.165, 1.54) is 10.7 Å². The van der Waals surface area contributed by atoms with Crippen molar-refractivity contribution >= 4 is 34.2 Å². The molecule has 0 saturated carbocycles. The fourth-order valence-electron chi connectivity index (χ4n) is 4.06. The molecule has 7 nitrogen and oxygen atoms in total. The highest BCUT2D eigenvalue weighted by Crippen LogP contribution is 2.28. The van der Waals surface area contributed by atoms with Crippen LogP contribution in [0.1, 0.15) is 28.5 Å². The van der Waals surface area contributed by atoms with Gasteiger partial charge in [-0.3, -0.25) is 14.2 Å². The number of nitrogens with one attached hydrogen (secondary N) is 1. The molecular weight excluding hydrogens is 467 g/mol. The Labute approximate surface area is 206 Å². The van der Waals surface area contributed by atoms with Crippen LogP contribution in [0.2, 0.25) is 5.02 Å². The van der Waals surface area contributed by atoms with Gasteiger partial charge in [0.05, 0.1) is 29.5 Å². The molecule has 9 heteroatoms. The van der Waals surface area contributed by atoms with Crippen LogP contribution in [0.3, 0.4) is 0 Å². The summed E-state index contributed by atoms with van der Waals surface area (Å²) in [6.07, 6.45) is 3.32. The number of benzene rings is 2. The number of carbonyl (C=O) groups excluding carboxylic acids is 1. The minimum Gasteiger partial charge on any atom is -0.304 e. The molecule has 0 aliphatic rings. The highest BCUT2D eigenvalue weighted by atomic mass is 35.5. The van der Waals surface area contributed by atoms with E-state index in [1.54, 1.807) is 36.7 Å². The van der Waals surface area contributed by atoms with E-state index in [4.69, 9.17) is 16.6 Å². The number of aromatic nitrogens is 5. The molecule has 0 saturated heterocycles. The van der Waals surface area contributed by atoms with Gasteiger partial charge in [-0.1, -0.05) is 48.0 Å². The summed E-state index contributed by atoms with van der Waals surface area (Å²) in [6, 6.07) is 15.7. The zero-order valence-corrected chi connectivity index (χ0v) is 19.9. The van der Waals surface area contributed by atoms with E-state index in [9.17, 15) is 9.18 Å². The molecule has 0 bridgehead atoms. The maximum atomic E-state index is 14.0. The lowest BCUT2D eigenvalue weighted by molar-refractivity contribution is 0.102. The van der Waals surface area contributed by atoms with Gasteiger partial charge in [0.15, 0.2) is 5.82 Å². The maximum absolute atomic E-state index is 14.0. The molecule has 176 valence electrons. The monoisotopic (exact) mass is 488 g/mol. The Balaban J connectivity index is 1.49. The standard InChI is InChI=1S/C26H22ClFN6O/c1-3-34-16(2)20(13-29-34)24-12-19(18-9-5-7-11-23(18)30-24)26(35)31-25-21(27)15-33(32-25)14-17-8-4-6-10-22(17)28/h4-13,15H,3,14H2,1-2H3,(H,31,32,35). The van der Waals surface area contributed by atoms with Crippen molar-refractivity contribution in [3.63, 3.8) is 0 Å². The van der Waals surface area contributed by atoms with Gasteiger partial charge < -0.3 is 5.32 Å². The van der Waals surface area contributed by atoms with Gasteiger partial charge in [-0.25, -0.2) is 9.37 Å². The molecule has 0 fully saturated rings. The van der Waals surface area contributed by atoms with E-state index in [0.29, 0.717) is 27.7 Å². The number of carbonyl (C=O) groups is 1. The quantitative estimate of drug-likeness (QED) is 0.332. The van der Waals surface area contributed by atoms with Crippen molar-refractivity contribution < 1.29 is 9.18 Å². The first-order valence-electron chi connectivity index (χ1n) is 11.1. The summed E-state index contributed by atoms with van der Waals surface area (Å²) in [4.78, 5) is 18.2. The van der Waals surface area contributed by atoms with E-state index < -0.39 is 0 Å². The SMILES string of the molecule is CCn1ncc(-c2cc(C(=O)Nc3nn(Cc4ccccc4F)cc3Cl)c3ccccc3n2)c1C. The van der Waals surface area contributed by atoms with Gasteiger partial charge in [0, 0.05) is 34.9 Å². The molecule has 5 aromatic rings. The minimum absolute atomic E-state index is 0.186. The zero-order valence-electron chi connectivity index (χ0n) is 19.2. The Morgan fingerprint density at radius 2 is 1.91 bits per heavy atom. The molecule has 0 aliphatic heterocycles. The van der Waals surface area contributed by atoms with Gasteiger partial charge in [0.1, 0.15) is 10.8 Å². The van der Waals surface area contributed by atoms with Crippen molar-refractivity contribution in [2.75, 3.05) is 5.32 Å². The first kappa shape index (κ1) is 22.7. The number of hydrogen-bond acceptors (Lipinski definition) is 4. The van der Waals surface area contributed by atoms with E-state index in [0.717, 1.165) is 17.8 Å². The number of aryl methyl sites for hydroxylation is 1. The molecule has 0 spiro atoms. The Bertz CT molecular complexity index is 1560. The van der Waals surface area contributed by atoms with Crippen LogP contribution >= 0.6 is 11.6 Å². The number of para-hydroxylation sites is 1. The number of nitrogens with zero attached hydrogens (tertiary/aromatic N) is 5. The molecule has 0 radical (unpaired) electrons. The number of pyridine rings is 1. The van der Waals surface area contributed by atoms with Crippen molar-refractivity contribution in [1.29, 1.82) is 0 Å². The van der Waals surface area contributed by atoms with Crippen LogP contribution in [0.15, 0.2) is 67.0 Å². The van der Waals surface area contributed by atoms with Crippen molar-refractivity contribution in [2.24, 2.45) is 0 Å². The second-order valence-corrected chi connectivity index (χ2v) is 8.51. The minimum atomic E-state index is -0.372. The number of rotatable bonds is 6. The fraction of sp³-hybridized carbons (Fsp3) is 0.154. The van der Waals surface area contributed by atoms with Crippen LogP contribution in [-0.2, 0) is 13.1 Å². The van der Waals surface area contributed by atoms with Crippen LogP contribution in [0.25, 0.3) is 22.2 Å². The molecule has 5 rings (SSSR count). The summed E-state index contributed by atoms with van der Waals surface area (Å²) in [5, 5.41) is 12.5. The third-order valence-corrected chi connectivity index (χ3v) is 6.16. The van der Waals surface area contributed by atoms with E-state index in [2.05, 4.69) is 15.5 Å². The number of anilines is 1. The third kappa shape index (κ3) is 4.40. The maximum Gasteiger partial charge on any atom is 0.257 e. The number of fused-ring (bicyclic) bond motifs is 1. The molecule has 35 heavy (non-hydrogen) atoms. The Hall–Kier alpha value is -4.04. The van der Waals surface area contributed by atoms with Crippen molar-refractivity contribution in [2.45, 2.75) is 26.9 Å². The van der Waals surface area contributed by atoms with E-state index in [-0.39, 0.29) is 29.1 Å². The topological polar surface area (TPSA) is 77.6 Å². The van der Waals surface area contributed by atoms with Gasteiger partial charge in [-0.05, 0) is 32.0 Å². The van der Waals surface area contributed by atoms with Crippen LogP contribution in [0, 0.1) is 12.7 Å². The fourth-order valence-corrected chi connectivity index (χ4v) is 4.25. The average Bonchev–Trinajstić information content (AvgIpc) is 3.40. The van der Waals surface area contributed by atoms with Gasteiger partial charge in [-0.15, -0.1) is 0 Å². The summed E-state index contributed by atoms with van der Waals surface area (Å²) in [6.45, 7) is 4.92. The molecule has 0 aliphatic carbocycles. The van der Waals surface area contributed by atoms with Crippen LogP contribution in [0.4, 0.5) is 10.2 Å². The van der Waals surface area contributed by atoms with Crippen LogP contribution < -0.4 is 5.32 Å². The molecule has 1 N–H and O–H groups in total. The molecule has 0 atom stereocenters. The third-order valence-electron chi connectivity index (χ3n) is 5.88. The number of hydrogen-bond donors (Lipinski definition) is 1. The van der Waals surface area contributed by atoms with Gasteiger partial charge in [-0.2, -0.15) is 10.2 Å². The highest BCUT2D eigenvalue weighted by molar-refractivity contribution is 6.33. The van der Waals surface area contributed by atoms with Crippen LogP contribution in [0.5, 0.6) is 0 Å². The molecule has 0 unspecified atom stereocenters. The first-order chi connectivity index (χ1) is 16.9. The lowest BCUT2D eigenvalue weighted by Crippen LogP contribution is -2.14. The summed E-state index contributed by atoms with van der Waals surface area (Å²) >= 11 is 6.35. The smallest absolute Gasteiger partial charge is 0.257 e. The Morgan fingerprint density at radius 1 is 1.14 bits per heavy atom. The van der Waals surface area contributed by atoms with Crippen molar-refractivity contribution in [3.05, 3.63) is 94.7 Å². The molecule has 3 heterocycles. The van der Waals surface area contributed by atoms with Gasteiger partial charge >= 0.3 is 0 Å². The summed E-state index contributed by atoms with van der Waals surface area (Å²) < 4.78 is 17.4. The first-order valence-corrected chi connectivity index (χ1v) is 11.5. The number of amides is 1. The average molecular weight is 489 g/mol. The van der Waals surface area contributed by atoms with E-state index in [1.807, 2.05) is 42.8 Å². The summed E-state index contributed by atoms with van der Waals surface area (Å²) in [5.74, 6) is -0.504. The highest BCUT2D eigenvalue weighted by Gasteiger charge is 2.19. The Morgan fingerprint density at radius 3 is 2.69 bits per heavy atom. The molecule has 2 aromatic carbocycles. The summed E-state index contributed by atoms with van der Waals surface area (Å²) in [5.41, 5.74) is 4.08. The van der Waals surface area contributed by atoms with Crippen molar-refractivity contribution in [1.82, 2.24) is 24.5 Å². The number of halogens is 2. The molecule has 3 aromatic heterocycles. The van der Waals surface area contributed by atoms with E-state index >= 15 is 0 Å². The predicted octanol–water partition coefficient (Wildman–Crippen LogP) is 5.72. The summed E-state index contributed by atoms with van der Waals surface area (Å²) in [7, 11) is 0. The van der Waals surface area contributed by atoms with Crippen molar-refractivity contribution in [3.8, 4) is 11.3 Å². The molecular formula is C26H22ClFN6O. The molecule has 1 amide bonds. The zero-order chi connectivity index (χ0) is 24.5. The lowest BCUT2D eigenvalue weighted by Gasteiger charge is -2.10. The lowest BCUT2D eigenvalue weighted by atomic mass is 10.0. The van der Waals surface area contributed by atoms with Gasteiger partial charge in [0.25, 0.3) is 5.91 Å². The second-order valence-electron chi connectivity index (χ2n) is 8.10. The predicted molar refractivity (Wildman–Crippen MR) is 134 cm³/mol. The Kier molecular flexibility index (Phi) is 6.05. The second kappa shape index (κ2) is 9.31. The largest absolute Gasteiger partial charge is 0.304 e. The van der Waals surface area contributed by atoms with Crippen LogP contribution in [-0.4, -0.2) is 30.5 Å². The normalized spacial score (nSPS) is 11.2.